The van der Waals surface area contributed by atoms with Gasteiger partial charge in [0.15, 0.2) is 24.7 Å². The van der Waals surface area contributed by atoms with Gasteiger partial charge < -0.3 is 0 Å². The average molecular weight is 229 g/mol. The fraction of sp³-hybridized carbons (Fsp3) is 0.333. The van der Waals surface area contributed by atoms with Gasteiger partial charge in [-0.05, 0) is 35.8 Å². The quantitative estimate of drug-likeness (QED) is 0.562. The molecule has 0 radical (unpaired) electrons. The predicted molar refractivity (Wildman–Crippen MR) is 50.1 cm³/mol. The van der Waals surface area contributed by atoms with Crippen LogP contribution in [-0.2, 0) is 0 Å². The van der Waals surface area contributed by atoms with Crippen molar-refractivity contribution in [3.05, 3.63) is 28.5 Å². The molecule has 2 nitrogen and oxygen atoms in total. The highest BCUT2D eigenvalue weighted by atomic mass is 79.9. The number of hydrogen-bond donors (Lipinski definition) is 0. The van der Waals surface area contributed by atoms with E-state index in [1.165, 1.54) is 0 Å². The Morgan fingerprint density at radius 2 is 2.17 bits per heavy atom. The van der Waals surface area contributed by atoms with E-state index < -0.39 is 0 Å². The molecular formula is C9H11BrNO+. The van der Waals surface area contributed by atoms with E-state index in [9.17, 15) is 4.79 Å². The SMILES string of the molecule is CC(C)[n+]1cc(Br)cc(C=O)c1. The Hall–Kier alpha value is -0.700. The second kappa shape index (κ2) is 3.81. The Morgan fingerprint density at radius 3 is 2.67 bits per heavy atom. The molecule has 0 unspecified atom stereocenters. The molecule has 64 valence electrons. The summed E-state index contributed by atoms with van der Waals surface area (Å²) in [4.78, 5) is 10.5. The molecule has 0 amide bonds. The topological polar surface area (TPSA) is 20.9 Å². The van der Waals surface area contributed by atoms with Gasteiger partial charge in [-0.25, -0.2) is 4.57 Å². The minimum Gasteiger partial charge on any atom is -0.298 e. The molecule has 0 aromatic carbocycles. The molecule has 0 atom stereocenters. The van der Waals surface area contributed by atoms with Crippen molar-refractivity contribution in [1.82, 2.24) is 0 Å². The van der Waals surface area contributed by atoms with E-state index >= 15 is 0 Å². The van der Waals surface area contributed by atoms with Crippen LogP contribution in [0.25, 0.3) is 0 Å². The highest BCUT2D eigenvalue weighted by molar-refractivity contribution is 9.10. The van der Waals surface area contributed by atoms with Crippen LogP contribution < -0.4 is 4.57 Å². The summed E-state index contributed by atoms with van der Waals surface area (Å²) in [6.45, 7) is 4.14. The van der Waals surface area contributed by atoms with Crippen molar-refractivity contribution in [3.63, 3.8) is 0 Å². The largest absolute Gasteiger partial charge is 0.298 e. The summed E-state index contributed by atoms with van der Waals surface area (Å²) in [6, 6.07) is 2.17. The number of aldehydes is 1. The van der Waals surface area contributed by atoms with Crippen LogP contribution >= 0.6 is 15.9 Å². The van der Waals surface area contributed by atoms with E-state index in [1.807, 2.05) is 17.0 Å². The molecule has 1 heterocycles. The highest BCUT2D eigenvalue weighted by Gasteiger charge is 2.08. The average Bonchev–Trinajstić information content (AvgIpc) is 2.03. The van der Waals surface area contributed by atoms with Gasteiger partial charge in [0.2, 0.25) is 0 Å². The molecule has 3 heteroatoms. The number of halogens is 1. The Labute approximate surface area is 80.3 Å². The van der Waals surface area contributed by atoms with Crippen LogP contribution in [0.15, 0.2) is 22.9 Å². The first-order chi connectivity index (χ1) is 5.63. The first kappa shape index (κ1) is 9.39. The summed E-state index contributed by atoms with van der Waals surface area (Å²) in [5.74, 6) is 0. The lowest BCUT2D eigenvalue weighted by molar-refractivity contribution is -0.716. The first-order valence-corrected chi connectivity index (χ1v) is 4.59. The Balaban J connectivity index is 3.14. The van der Waals surface area contributed by atoms with Crippen LogP contribution in [0.1, 0.15) is 30.2 Å². The second-order valence-corrected chi connectivity index (χ2v) is 3.86. The van der Waals surface area contributed by atoms with Crippen molar-refractivity contribution in [1.29, 1.82) is 0 Å². The maximum absolute atomic E-state index is 10.5. The summed E-state index contributed by atoms with van der Waals surface area (Å²) in [5.41, 5.74) is 0.693. The predicted octanol–water partition coefficient (Wildman–Crippen LogP) is 2.13. The molecule has 0 fully saturated rings. The maximum atomic E-state index is 10.5. The molecule has 0 aliphatic carbocycles. The molecule has 0 saturated carbocycles. The van der Waals surface area contributed by atoms with Crippen LogP contribution in [-0.4, -0.2) is 6.29 Å². The van der Waals surface area contributed by atoms with Crippen molar-refractivity contribution >= 4 is 22.2 Å². The number of hydrogen-bond acceptors (Lipinski definition) is 1. The fourth-order valence-corrected chi connectivity index (χ4v) is 1.45. The summed E-state index contributed by atoms with van der Waals surface area (Å²) < 4.78 is 2.93. The molecule has 0 aliphatic heterocycles. The summed E-state index contributed by atoms with van der Waals surface area (Å²) in [5, 5.41) is 0. The van der Waals surface area contributed by atoms with Gasteiger partial charge in [-0.3, -0.25) is 4.79 Å². The Morgan fingerprint density at radius 1 is 1.50 bits per heavy atom. The number of carbonyl (C=O) groups excluding carboxylic acids is 1. The molecule has 0 N–H and O–H groups in total. The Kier molecular flexibility index (Phi) is 2.98. The van der Waals surface area contributed by atoms with Crippen LogP contribution in [0.2, 0.25) is 0 Å². The summed E-state index contributed by atoms with van der Waals surface area (Å²) >= 11 is 3.34. The molecule has 0 spiro atoms. The second-order valence-electron chi connectivity index (χ2n) is 2.95. The molecule has 1 aromatic rings. The van der Waals surface area contributed by atoms with Gasteiger partial charge in [-0.1, -0.05) is 0 Å². The van der Waals surface area contributed by atoms with Crippen molar-refractivity contribution in [3.8, 4) is 0 Å². The molecule has 0 saturated heterocycles. The minimum absolute atomic E-state index is 0.376. The molecule has 1 rings (SSSR count). The lowest BCUT2D eigenvalue weighted by Gasteiger charge is -2.00. The van der Waals surface area contributed by atoms with Crippen molar-refractivity contribution < 1.29 is 9.36 Å². The normalized spacial score (nSPS) is 10.3. The number of aromatic nitrogens is 1. The lowest BCUT2D eigenvalue weighted by Crippen LogP contribution is -2.35. The Bertz CT molecular complexity index is 297. The molecule has 0 bridgehead atoms. The zero-order chi connectivity index (χ0) is 9.14. The van der Waals surface area contributed by atoms with Gasteiger partial charge in [-0.2, -0.15) is 0 Å². The number of nitrogens with zero attached hydrogens (tertiary/aromatic N) is 1. The van der Waals surface area contributed by atoms with Gasteiger partial charge in [0.1, 0.15) is 0 Å². The van der Waals surface area contributed by atoms with E-state index in [0.29, 0.717) is 11.6 Å². The smallest absolute Gasteiger partial charge is 0.183 e. The van der Waals surface area contributed by atoms with E-state index in [2.05, 4.69) is 29.8 Å². The number of carbonyl (C=O) groups is 1. The van der Waals surface area contributed by atoms with Crippen LogP contribution in [0.5, 0.6) is 0 Å². The van der Waals surface area contributed by atoms with Crippen molar-refractivity contribution in [2.24, 2.45) is 0 Å². The van der Waals surface area contributed by atoms with E-state index in [4.69, 9.17) is 0 Å². The van der Waals surface area contributed by atoms with Gasteiger partial charge in [-0.15, -0.1) is 0 Å². The standard InChI is InChI=1S/C9H11BrNO/c1-7(2)11-4-8(6-12)3-9(10)5-11/h3-7H,1-2H3/q+1. The van der Waals surface area contributed by atoms with Crippen LogP contribution in [0.3, 0.4) is 0 Å². The third-order valence-electron chi connectivity index (χ3n) is 1.61. The van der Waals surface area contributed by atoms with Gasteiger partial charge in [0.25, 0.3) is 0 Å². The maximum Gasteiger partial charge on any atom is 0.183 e. The fourth-order valence-electron chi connectivity index (χ4n) is 0.948. The molecule has 0 aliphatic rings. The molecular weight excluding hydrogens is 218 g/mol. The van der Waals surface area contributed by atoms with Gasteiger partial charge in [0.05, 0.1) is 10.0 Å². The minimum atomic E-state index is 0.376. The third kappa shape index (κ3) is 2.14. The van der Waals surface area contributed by atoms with Crippen molar-refractivity contribution in [2.45, 2.75) is 19.9 Å². The van der Waals surface area contributed by atoms with Gasteiger partial charge >= 0.3 is 0 Å². The van der Waals surface area contributed by atoms with E-state index in [0.717, 1.165) is 10.8 Å². The summed E-state index contributed by atoms with van der Waals surface area (Å²) in [6.07, 6.45) is 4.64. The zero-order valence-corrected chi connectivity index (χ0v) is 8.71. The highest BCUT2D eigenvalue weighted by Crippen LogP contribution is 2.08. The van der Waals surface area contributed by atoms with Crippen LogP contribution in [0, 0.1) is 0 Å². The van der Waals surface area contributed by atoms with E-state index in [-0.39, 0.29) is 0 Å². The molecule has 1 aromatic heterocycles. The van der Waals surface area contributed by atoms with Crippen LogP contribution in [0.4, 0.5) is 0 Å². The van der Waals surface area contributed by atoms with Crippen molar-refractivity contribution in [2.75, 3.05) is 0 Å². The number of rotatable bonds is 2. The first-order valence-electron chi connectivity index (χ1n) is 3.80. The monoisotopic (exact) mass is 228 g/mol. The lowest BCUT2D eigenvalue weighted by atomic mass is 10.3. The number of pyridine rings is 1. The third-order valence-corrected chi connectivity index (χ3v) is 2.04. The molecule has 12 heavy (non-hydrogen) atoms. The summed E-state index contributed by atoms with van der Waals surface area (Å²) in [7, 11) is 0. The van der Waals surface area contributed by atoms with E-state index in [1.54, 1.807) is 6.07 Å². The zero-order valence-electron chi connectivity index (χ0n) is 7.12. The van der Waals surface area contributed by atoms with Gasteiger partial charge in [0, 0.05) is 0 Å².